The number of carbonyl (C=O) groups excluding carboxylic acids is 1. The van der Waals surface area contributed by atoms with Gasteiger partial charge in [-0.15, -0.1) is 11.3 Å². The SMILES string of the molecule is CC.CC[C@H]1CN=C2N(Cc3cnc(C)s3)C(=O)c3cc(S(=O)[O-])ccc3N21. The molecule has 0 N–H and O–H groups in total. The summed E-state index contributed by atoms with van der Waals surface area (Å²) >= 11 is -0.846. The lowest BCUT2D eigenvalue weighted by molar-refractivity contribution is 0.0833. The van der Waals surface area contributed by atoms with Crippen LogP contribution in [0.2, 0.25) is 0 Å². The quantitative estimate of drug-likeness (QED) is 0.709. The molecule has 28 heavy (non-hydrogen) atoms. The molecule has 4 rings (SSSR count). The third kappa shape index (κ3) is 3.61. The van der Waals surface area contributed by atoms with Gasteiger partial charge in [-0.3, -0.25) is 18.9 Å². The van der Waals surface area contributed by atoms with Crippen LogP contribution in [0.25, 0.3) is 0 Å². The maximum Gasteiger partial charge on any atom is 0.263 e. The third-order valence-corrected chi connectivity index (χ3v) is 6.15. The molecule has 1 aromatic heterocycles. The van der Waals surface area contributed by atoms with Crippen LogP contribution < -0.4 is 4.90 Å². The number of thiazole rings is 1. The van der Waals surface area contributed by atoms with Crippen LogP contribution in [0.5, 0.6) is 0 Å². The molecule has 1 unspecified atom stereocenters. The first-order valence-corrected chi connectivity index (χ1v) is 11.2. The van der Waals surface area contributed by atoms with Crippen LogP contribution in [0, 0.1) is 6.92 Å². The van der Waals surface area contributed by atoms with Crippen molar-refractivity contribution in [2.24, 2.45) is 4.99 Å². The minimum absolute atomic E-state index is 0.110. The van der Waals surface area contributed by atoms with E-state index in [1.807, 2.05) is 20.8 Å². The summed E-state index contributed by atoms with van der Waals surface area (Å²) in [6.07, 6.45) is 2.65. The second-order valence-corrected chi connectivity index (χ2v) is 8.48. The molecule has 7 nitrogen and oxygen atoms in total. The summed E-state index contributed by atoms with van der Waals surface area (Å²) in [6, 6.07) is 4.84. The molecule has 0 saturated carbocycles. The number of aryl methyl sites for hydroxylation is 1. The number of amides is 1. The summed E-state index contributed by atoms with van der Waals surface area (Å²) in [5.74, 6) is 0.404. The Morgan fingerprint density at radius 2 is 2.11 bits per heavy atom. The predicted molar refractivity (Wildman–Crippen MR) is 111 cm³/mol. The molecule has 3 heterocycles. The minimum atomic E-state index is -2.38. The van der Waals surface area contributed by atoms with Crippen molar-refractivity contribution in [3.8, 4) is 0 Å². The average Bonchev–Trinajstić information content (AvgIpc) is 3.32. The van der Waals surface area contributed by atoms with E-state index in [1.54, 1.807) is 17.2 Å². The molecule has 0 spiro atoms. The monoisotopic (exact) mass is 419 g/mol. The lowest BCUT2D eigenvalue weighted by Gasteiger charge is -2.38. The topological polar surface area (TPSA) is 88.9 Å². The van der Waals surface area contributed by atoms with E-state index in [-0.39, 0.29) is 16.8 Å². The summed E-state index contributed by atoms with van der Waals surface area (Å²) in [5, 5.41) is 0.936. The van der Waals surface area contributed by atoms with Crippen molar-refractivity contribution in [3.05, 3.63) is 39.8 Å². The Hall–Kier alpha value is -2.10. The minimum Gasteiger partial charge on any atom is -0.768 e. The number of fused-ring (bicyclic) bond motifs is 3. The number of carbonyl (C=O) groups is 1. The molecular formula is C19H23N4O3S2-. The molecule has 0 saturated heterocycles. The van der Waals surface area contributed by atoms with Gasteiger partial charge in [0.2, 0.25) is 5.96 Å². The first-order chi connectivity index (χ1) is 13.5. The highest BCUT2D eigenvalue weighted by molar-refractivity contribution is 7.79. The molecule has 0 fully saturated rings. The van der Waals surface area contributed by atoms with Crippen LogP contribution >= 0.6 is 11.3 Å². The van der Waals surface area contributed by atoms with Crippen molar-refractivity contribution in [1.82, 2.24) is 9.88 Å². The maximum atomic E-state index is 13.1. The summed E-state index contributed by atoms with van der Waals surface area (Å²) in [5.41, 5.74) is 1.12. The van der Waals surface area contributed by atoms with E-state index in [9.17, 15) is 13.6 Å². The number of aliphatic imine (C=N–C) groups is 1. The van der Waals surface area contributed by atoms with E-state index in [1.165, 1.54) is 23.5 Å². The fraction of sp³-hybridized carbons (Fsp3) is 0.421. The molecular weight excluding hydrogens is 396 g/mol. The molecule has 1 amide bonds. The Labute approximate surface area is 171 Å². The predicted octanol–water partition coefficient (Wildman–Crippen LogP) is 3.33. The fourth-order valence-corrected chi connectivity index (χ4v) is 4.53. The van der Waals surface area contributed by atoms with Gasteiger partial charge in [0.1, 0.15) is 0 Å². The van der Waals surface area contributed by atoms with E-state index in [0.717, 1.165) is 22.0 Å². The van der Waals surface area contributed by atoms with Gasteiger partial charge in [-0.05, 0) is 42.6 Å². The van der Waals surface area contributed by atoms with E-state index in [2.05, 4.69) is 21.8 Å². The van der Waals surface area contributed by atoms with Crippen LogP contribution in [0.1, 0.15) is 47.4 Å². The van der Waals surface area contributed by atoms with Gasteiger partial charge in [-0.25, -0.2) is 4.98 Å². The molecule has 2 aromatic rings. The number of nitrogens with zero attached hydrogens (tertiary/aromatic N) is 4. The molecule has 2 aliphatic rings. The van der Waals surface area contributed by atoms with E-state index in [0.29, 0.717) is 24.6 Å². The summed E-state index contributed by atoms with van der Waals surface area (Å²) in [4.78, 5) is 26.8. The highest BCUT2D eigenvalue weighted by Crippen LogP contribution is 2.36. The van der Waals surface area contributed by atoms with Crippen LogP contribution in [-0.2, 0) is 17.6 Å². The molecule has 0 aliphatic carbocycles. The van der Waals surface area contributed by atoms with Gasteiger partial charge in [0, 0.05) is 16.0 Å². The van der Waals surface area contributed by atoms with Gasteiger partial charge in [-0.2, -0.15) is 0 Å². The van der Waals surface area contributed by atoms with E-state index >= 15 is 0 Å². The zero-order chi connectivity index (χ0) is 20.4. The smallest absolute Gasteiger partial charge is 0.263 e. The molecule has 0 bridgehead atoms. The van der Waals surface area contributed by atoms with Gasteiger partial charge >= 0.3 is 0 Å². The van der Waals surface area contributed by atoms with Crippen LogP contribution in [0.3, 0.4) is 0 Å². The van der Waals surface area contributed by atoms with Crippen molar-refractivity contribution in [1.29, 1.82) is 0 Å². The number of guanidine groups is 1. The lowest BCUT2D eigenvalue weighted by Crippen LogP contribution is -2.52. The molecule has 2 atom stereocenters. The largest absolute Gasteiger partial charge is 0.768 e. The van der Waals surface area contributed by atoms with Gasteiger partial charge in [0.25, 0.3) is 5.91 Å². The second kappa shape index (κ2) is 8.50. The second-order valence-electron chi connectivity index (χ2n) is 6.22. The van der Waals surface area contributed by atoms with Crippen molar-refractivity contribution in [2.45, 2.75) is 51.6 Å². The summed E-state index contributed by atoms with van der Waals surface area (Å²) < 4.78 is 22.7. The molecule has 0 radical (unpaired) electrons. The van der Waals surface area contributed by atoms with Crippen LogP contribution in [0.4, 0.5) is 5.69 Å². The Kier molecular flexibility index (Phi) is 6.26. The van der Waals surface area contributed by atoms with Crippen molar-refractivity contribution >= 4 is 40.0 Å². The number of benzene rings is 1. The van der Waals surface area contributed by atoms with Crippen molar-refractivity contribution in [3.63, 3.8) is 0 Å². The van der Waals surface area contributed by atoms with E-state index < -0.39 is 11.1 Å². The first kappa shape index (κ1) is 20.6. The fourth-order valence-electron chi connectivity index (χ4n) is 3.35. The normalized spacial score (nSPS) is 18.8. The number of anilines is 1. The number of aromatic nitrogens is 1. The Morgan fingerprint density at radius 1 is 1.36 bits per heavy atom. The average molecular weight is 420 g/mol. The third-order valence-electron chi connectivity index (χ3n) is 4.62. The standard InChI is InChI=1S/C17H18N4O3S2.C2H6/c1-3-11-7-19-17-20(9-12-8-18-10(2)25-12)16(22)14-6-13(26(23)24)4-5-15(14)21(11)17;1-2/h4-6,8,11H,3,7,9H2,1-2H3,(H,23,24);1-2H3/p-1/t11-;/m0./s1. The molecule has 9 heteroatoms. The number of hydrogen-bond acceptors (Lipinski definition) is 7. The van der Waals surface area contributed by atoms with Crippen molar-refractivity contribution in [2.75, 3.05) is 11.4 Å². The van der Waals surface area contributed by atoms with Gasteiger partial charge in [-0.1, -0.05) is 20.8 Å². The van der Waals surface area contributed by atoms with Gasteiger partial charge in [0.15, 0.2) is 0 Å². The zero-order valence-corrected chi connectivity index (χ0v) is 18.0. The highest BCUT2D eigenvalue weighted by Gasteiger charge is 2.41. The molecule has 1 aromatic carbocycles. The van der Waals surface area contributed by atoms with Gasteiger partial charge < -0.3 is 9.45 Å². The van der Waals surface area contributed by atoms with Crippen molar-refractivity contribution < 1.29 is 13.6 Å². The van der Waals surface area contributed by atoms with E-state index in [4.69, 9.17) is 0 Å². The Balaban J connectivity index is 0.00000109. The maximum absolute atomic E-state index is 13.1. The van der Waals surface area contributed by atoms with Gasteiger partial charge in [0.05, 0.1) is 35.4 Å². The Morgan fingerprint density at radius 3 is 2.71 bits per heavy atom. The molecule has 150 valence electrons. The van der Waals surface area contributed by atoms with Crippen LogP contribution in [-0.4, -0.2) is 43.1 Å². The Bertz CT molecular complexity index is 941. The number of rotatable bonds is 4. The molecule has 2 aliphatic heterocycles. The zero-order valence-electron chi connectivity index (χ0n) is 16.3. The summed E-state index contributed by atoms with van der Waals surface area (Å²) in [6.45, 7) is 8.99. The summed E-state index contributed by atoms with van der Waals surface area (Å²) in [7, 11) is 0. The lowest BCUT2D eigenvalue weighted by atomic mass is 10.1. The van der Waals surface area contributed by atoms with Crippen LogP contribution in [0.15, 0.2) is 34.3 Å². The number of hydrogen-bond donors (Lipinski definition) is 0. The first-order valence-electron chi connectivity index (χ1n) is 9.29. The highest BCUT2D eigenvalue weighted by atomic mass is 32.2.